The van der Waals surface area contributed by atoms with Crippen LogP contribution in [0.2, 0.25) is 5.02 Å². The van der Waals surface area contributed by atoms with E-state index in [0.29, 0.717) is 71.1 Å². The van der Waals surface area contributed by atoms with Crippen molar-refractivity contribution in [2.75, 3.05) is 18.4 Å². The Bertz CT molecular complexity index is 2300. The Hall–Kier alpha value is -5.02. The third-order valence-electron chi connectivity index (χ3n) is 11.2. The van der Waals surface area contributed by atoms with E-state index in [1.54, 1.807) is 19.1 Å². The molecule has 1 fully saturated rings. The van der Waals surface area contributed by atoms with E-state index in [2.05, 4.69) is 16.3 Å². The van der Waals surface area contributed by atoms with Gasteiger partial charge in [0.05, 0.1) is 33.5 Å². The number of nitriles is 1. The highest BCUT2D eigenvalue weighted by Gasteiger charge is 2.40. The van der Waals surface area contributed by atoms with Crippen molar-refractivity contribution in [3.05, 3.63) is 87.5 Å². The molecule has 1 aliphatic carbocycles. The number of aliphatic carboxylic acids is 1. The van der Waals surface area contributed by atoms with Gasteiger partial charge in [-0.25, -0.2) is 9.97 Å². The number of carbonyl (C=O) groups excluding carboxylic acids is 1. The second kappa shape index (κ2) is 15.0. The van der Waals surface area contributed by atoms with Crippen LogP contribution in [0.25, 0.3) is 33.7 Å². The molecule has 0 spiro atoms. The molecule has 5 aromatic rings. The van der Waals surface area contributed by atoms with Crippen LogP contribution in [0.5, 0.6) is 0 Å². The predicted octanol–water partition coefficient (Wildman–Crippen LogP) is 7.93. The minimum absolute atomic E-state index is 0.325. The van der Waals surface area contributed by atoms with E-state index >= 15 is 0 Å². The summed E-state index contributed by atoms with van der Waals surface area (Å²) in [5, 5.41) is 33.0. The van der Waals surface area contributed by atoms with Gasteiger partial charge in [-0.15, -0.1) is 0 Å². The summed E-state index contributed by atoms with van der Waals surface area (Å²) in [4.78, 5) is 37.1. The van der Waals surface area contributed by atoms with Crippen molar-refractivity contribution in [1.82, 2.24) is 19.4 Å². The number of hydrogen-bond donors (Lipinski definition) is 3. The highest BCUT2D eigenvalue weighted by atomic mass is 35.5. The molecule has 1 aliphatic heterocycles. The summed E-state index contributed by atoms with van der Waals surface area (Å²) in [6.45, 7) is 7.16. The smallest absolute Gasteiger partial charge is 0.310 e. The van der Waals surface area contributed by atoms with Crippen molar-refractivity contribution in [2.24, 2.45) is 18.4 Å². The van der Waals surface area contributed by atoms with Gasteiger partial charge < -0.3 is 24.5 Å². The van der Waals surface area contributed by atoms with Crippen LogP contribution in [0.15, 0.2) is 52.9 Å². The number of anilines is 1. The van der Waals surface area contributed by atoms with Gasteiger partial charge >= 0.3 is 5.97 Å². The van der Waals surface area contributed by atoms with Crippen molar-refractivity contribution in [2.45, 2.75) is 78.4 Å². The van der Waals surface area contributed by atoms with Gasteiger partial charge in [0.2, 0.25) is 5.89 Å². The minimum atomic E-state index is -0.799. The summed E-state index contributed by atoms with van der Waals surface area (Å²) in [6.07, 6.45) is 5.58. The molecule has 54 heavy (non-hydrogen) atoms. The molecule has 280 valence electrons. The SMILES string of the molecule is Cc1c(-c2nc3cc(CN4CC[C@@](C)(C(=O)O)C4)cc(C#N)c3o2)cccc1-c1cccc(NC(=O)c2nc3c(n2C)CCC(C[C@@H](C)O)CCC3)c1Cl. The number of carbonyl (C=O) groups is 2. The Labute approximate surface area is 319 Å². The van der Waals surface area contributed by atoms with E-state index in [1.165, 1.54) is 0 Å². The van der Waals surface area contributed by atoms with E-state index < -0.39 is 11.4 Å². The Balaban J connectivity index is 1.13. The number of carboxylic acid groups (broad SMARTS) is 1. The number of hydrogen-bond acceptors (Lipinski definition) is 8. The summed E-state index contributed by atoms with van der Waals surface area (Å²) >= 11 is 7.04. The van der Waals surface area contributed by atoms with E-state index in [1.807, 2.05) is 61.9 Å². The molecule has 1 unspecified atom stereocenters. The monoisotopic (exact) mass is 748 g/mol. The van der Waals surface area contributed by atoms with Crippen molar-refractivity contribution < 1.29 is 24.2 Å². The Morgan fingerprint density at radius 1 is 1.13 bits per heavy atom. The molecule has 1 saturated heterocycles. The van der Waals surface area contributed by atoms with Gasteiger partial charge in [-0.1, -0.05) is 35.9 Å². The van der Waals surface area contributed by atoms with Gasteiger partial charge in [0.15, 0.2) is 11.4 Å². The van der Waals surface area contributed by atoms with Crippen LogP contribution in [-0.4, -0.2) is 60.7 Å². The molecule has 7 rings (SSSR count). The Morgan fingerprint density at radius 2 is 1.89 bits per heavy atom. The van der Waals surface area contributed by atoms with Gasteiger partial charge in [-0.05, 0) is 119 Å². The van der Waals surface area contributed by atoms with E-state index in [4.69, 9.17) is 26.0 Å². The number of aliphatic hydroxyl groups excluding tert-OH is 1. The second-order valence-corrected chi connectivity index (χ2v) is 15.7. The van der Waals surface area contributed by atoms with E-state index in [9.17, 15) is 25.1 Å². The zero-order valence-electron chi connectivity index (χ0n) is 31.1. The number of likely N-dealkylation sites (tertiary alicyclic amines) is 1. The third kappa shape index (κ3) is 7.26. The molecule has 3 N–H and O–H groups in total. The molecule has 3 aromatic carbocycles. The molecule has 12 heteroatoms. The fraction of sp³-hybridized carbons (Fsp3) is 0.405. The number of imidazole rings is 1. The number of fused-ring (bicyclic) bond motifs is 2. The molecular weight excluding hydrogens is 704 g/mol. The normalized spacial score (nSPS) is 19.5. The lowest BCUT2D eigenvalue weighted by molar-refractivity contribution is -0.147. The van der Waals surface area contributed by atoms with E-state index in [0.717, 1.165) is 77.7 Å². The first kappa shape index (κ1) is 37.3. The van der Waals surface area contributed by atoms with Crippen LogP contribution in [0.3, 0.4) is 0 Å². The number of nitrogens with zero attached hydrogens (tertiary/aromatic N) is 5. The number of oxazole rings is 1. The number of amides is 1. The number of aryl methyl sites for hydroxylation is 1. The molecule has 3 atom stereocenters. The Morgan fingerprint density at radius 3 is 2.63 bits per heavy atom. The van der Waals surface area contributed by atoms with Crippen molar-refractivity contribution >= 4 is 40.3 Å². The number of carboxylic acids is 1. The largest absolute Gasteiger partial charge is 0.481 e. The second-order valence-electron chi connectivity index (χ2n) is 15.3. The number of aromatic nitrogens is 3. The zero-order chi connectivity index (χ0) is 38.3. The zero-order valence-corrected chi connectivity index (χ0v) is 31.8. The van der Waals surface area contributed by atoms with Gasteiger partial charge in [-0.3, -0.25) is 14.5 Å². The van der Waals surface area contributed by atoms with Crippen LogP contribution in [0.4, 0.5) is 5.69 Å². The van der Waals surface area contributed by atoms with Crippen LogP contribution in [-0.2, 0) is 31.2 Å². The van der Waals surface area contributed by atoms with Gasteiger partial charge in [0.1, 0.15) is 11.6 Å². The average molecular weight is 749 g/mol. The summed E-state index contributed by atoms with van der Waals surface area (Å²) in [5.41, 5.74) is 7.01. The van der Waals surface area contributed by atoms with Gasteiger partial charge in [0, 0.05) is 37.0 Å². The summed E-state index contributed by atoms with van der Waals surface area (Å²) in [5.74, 6) is 0.00945. The molecule has 3 heterocycles. The standard InChI is InChI=1S/C42H45ClN6O5/c1-24(50)18-26-8-5-12-32-35(15-14-26)48(4)38(45-32)39(51)46-33-13-7-11-31(36(33)43)29-9-6-10-30(25(29)2)40-47-34-20-27(19-28(21-44)37(34)54-40)22-49-17-16-42(3,23-49)41(52)53/h6-7,9-11,13,19-20,24,26,50H,5,8,12,14-18,22-23H2,1-4H3,(H,46,51)(H,52,53)/t24-,26?,42-/m1/s1. The number of aliphatic hydroxyl groups is 1. The number of rotatable bonds is 9. The molecule has 0 bridgehead atoms. The first-order valence-electron chi connectivity index (χ1n) is 18.6. The topological polar surface area (TPSA) is 158 Å². The lowest BCUT2D eigenvalue weighted by Crippen LogP contribution is -2.31. The fourth-order valence-electron chi connectivity index (χ4n) is 8.24. The van der Waals surface area contributed by atoms with Crippen LogP contribution in [0.1, 0.15) is 84.6 Å². The van der Waals surface area contributed by atoms with Crippen molar-refractivity contribution in [1.29, 1.82) is 5.26 Å². The highest BCUT2D eigenvalue weighted by Crippen LogP contribution is 2.40. The third-order valence-corrected chi connectivity index (χ3v) is 11.6. The quantitative estimate of drug-likeness (QED) is 0.136. The summed E-state index contributed by atoms with van der Waals surface area (Å²) in [7, 11) is 1.88. The van der Waals surface area contributed by atoms with Crippen LogP contribution < -0.4 is 5.32 Å². The molecular formula is C42H45ClN6O5. The van der Waals surface area contributed by atoms with Gasteiger partial charge in [0.25, 0.3) is 5.91 Å². The average Bonchev–Trinajstić information content (AvgIpc) is 3.81. The van der Waals surface area contributed by atoms with Crippen molar-refractivity contribution in [3.63, 3.8) is 0 Å². The fourth-order valence-corrected chi connectivity index (χ4v) is 8.52. The maximum Gasteiger partial charge on any atom is 0.310 e. The number of benzene rings is 3. The first-order valence-corrected chi connectivity index (χ1v) is 18.9. The first-order chi connectivity index (χ1) is 25.8. The number of halogens is 1. The molecule has 2 aromatic heterocycles. The lowest BCUT2D eigenvalue weighted by atomic mass is 9.88. The number of nitrogens with one attached hydrogen (secondary N) is 1. The molecule has 0 radical (unpaired) electrons. The Kier molecular flexibility index (Phi) is 10.4. The molecule has 0 saturated carbocycles. The molecule has 1 amide bonds. The maximum absolute atomic E-state index is 13.7. The summed E-state index contributed by atoms with van der Waals surface area (Å²) in [6, 6.07) is 17.2. The summed E-state index contributed by atoms with van der Waals surface area (Å²) < 4.78 is 8.13. The lowest BCUT2D eigenvalue weighted by Gasteiger charge is -2.21. The van der Waals surface area contributed by atoms with Crippen LogP contribution in [0, 0.1) is 29.6 Å². The molecule has 11 nitrogen and oxygen atoms in total. The van der Waals surface area contributed by atoms with E-state index in [-0.39, 0.29) is 12.0 Å². The molecule has 2 aliphatic rings. The minimum Gasteiger partial charge on any atom is -0.481 e. The predicted molar refractivity (Wildman–Crippen MR) is 207 cm³/mol. The van der Waals surface area contributed by atoms with Crippen LogP contribution >= 0.6 is 11.6 Å². The maximum atomic E-state index is 13.7. The van der Waals surface area contributed by atoms with Gasteiger partial charge in [-0.2, -0.15) is 5.26 Å². The highest BCUT2D eigenvalue weighted by molar-refractivity contribution is 6.36. The van der Waals surface area contributed by atoms with Crippen molar-refractivity contribution in [3.8, 4) is 28.7 Å².